The van der Waals surface area contributed by atoms with Crippen molar-refractivity contribution in [3.05, 3.63) is 53.9 Å². The monoisotopic (exact) mass is 312 g/mol. The fourth-order valence-electron chi connectivity index (χ4n) is 1.84. The zero-order valence-corrected chi connectivity index (χ0v) is 12.3. The van der Waals surface area contributed by atoms with Gasteiger partial charge in [0.05, 0.1) is 5.56 Å². The molecule has 0 bridgehead atoms. The first-order valence-corrected chi connectivity index (χ1v) is 7.31. The quantitative estimate of drug-likeness (QED) is 0.888. The number of nitrogens with zero attached hydrogens (tertiary/aromatic N) is 1. The lowest BCUT2D eigenvalue weighted by atomic mass is 10.1. The number of aromatic nitrogens is 1. The second kappa shape index (κ2) is 6.95. The molecule has 2 rings (SSSR count). The van der Waals surface area contributed by atoms with Crippen LogP contribution in [0, 0.1) is 0 Å². The first-order valence-electron chi connectivity index (χ1n) is 6.49. The van der Waals surface area contributed by atoms with Crippen molar-refractivity contribution in [2.24, 2.45) is 0 Å². The van der Waals surface area contributed by atoms with Crippen LogP contribution in [-0.2, 0) is 12.7 Å². The fourth-order valence-corrected chi connectivity index (χ4v) is 2.68. The van der Waals surface area contributed by atoms with Gasteiger partial charge in [-0.25, -0.2) is 0 Å². The van der Waals surface area contributed by atoms with E-state index in [2.05, 4.69) is 10.3 Å². The molecule has 2 nitrogen and oxygen atoms in total. The van der Waals surface area contributed by atoms with Gasteiger partial charge in [0.2, 0.25) is 0 Å². The topological polar surface area (TPSA) is 24.9 Å². The summed E-state index contributed by atoms with van der Waals surface area (Å²) in [5.41, 5.74) is -0.314. The van der Waals surface area contributed by atoms with Gasteiger partial charge in [-0.1, -0.05) is 24.8 Å². The standard InChI is InChI=1S/C15H15F3N2S/c1-2-19-10-11-3-4-13(9-14(11)15(16,17)18)21-12-5-7-20-8-6-12/h3-9,19H,2,10H2,1H3. The van der Waals surface area contributed by atoms with Gasteiger partial charge in [0.25, 0.3) is 0 Å². The minimum absolute atomic E-state index is 0.214. The van der Waals surface area contributed by atoms with Crippen molar-refractivity contribution in [2.75, 3.05) is 6.54 Å². The van der Waals surface area contributed by atoms with E-state index in [0.717, 1.165) is 4.90 Å². The Labute approximate surface area is 125 Å². The van der Waals surface area contributed by atoms with Crippen LogP contribution in [0.4, 0.5) is 13.2 Å². The lowest BCUT2D eigenvalue weighted by molar-refractivity contribution is -0.138. The Hall–Kier alpha value is -1.53. The van der Waals surface area contributed by atoms with E-state index >= 15 is 0 Å². The van der Waals surface area contributed by atoms with Crippen LogP contribution in [-0.4, -0.2) is 11.5 Å². The largest absolute Gasteiger partial charge is 0.416 e. The second-order valence-corrected chi connectivity index (χ2v) is 5.53. The van der Waals surface area contributed by atoms with Crippen LogP contribution in [0.1, 0.15) is 18.1 Å². The van der Waals surface area contributed by atoms with E-state index in [0.29, 0.717) is 11.4 Å². The summed E-state index contributed by atoms with van der Waals surface area (Å²) in [6.07, 6.45) is -1.11. The number of alkyl halides is 3. The summed E-state index contributed by atoms with van der Waals surface area (Å²) < 4.78 is 39.4. The average Bonchev–Trinajstić information content (AvgIpc) is 2.46. The fraction of sp³-hybridized carbons (Fsp3) is 0.267. The molecular formula is C15H15F3N2S. The Morgan fingerprint density at radius 3 is 2.43 bits per heavy atom. The summed E-state index contributed by atoms with van der Waals surface area (Å²) in [5, 5.41) is 2.93. The number of hydrogen-bond acceptors (Lipinski definition) is 3. The second-order valence-electron chi connectivity index (χ2n) is 4.38. The molecular weight excluding hydrogens is 297 g/mol. The number of pyridine rings is 1. The minimum atomic E-state index is -4.35. The predicted octanol–water partition coefficient (Wildman–Crippen LogP) is 4.36. The van der Waals surface area contributed by atoms with Crippen LogP contribution in [0.25, 0.3) is 0 Å². The third-order valence-electron chi connectivity index (χ3n) is 2.84. The highest BCUT2D eigenvalue weighted by atomic mass is 32.2. The molecule has 0 spiro atoms. The number of halogens is 3. The van der Waals surface area contributed by atoms with Gasteiger partial charge in [-0.05, 0) is 36.4 Å². The number of hydrogen-bond donors (Lipinski definition) is 1. The molecule has 0 unspecified atom stereocenters. The van der Waals surface area contributed by atoms with Gasteiger partial charge >= 0.3 is 6.18 Å². The van der Waals surface area contributed by atoms with Crippen molar-refractivity contribution in [3.8, 4) is 0 Å². The molecule has 2 aromatic rings. The Balaban J connectivity index is 2.28. The summed E-state index contributed by atoms with van der Waals surface area (Å²) >= 11 is 1.29. The van der Waals surface area contributed by atoms with Crippen molar-refractivity contribution >= 4 is 11.8 Å². The summed E-state index contributed by atoms with van der Waals surface area (Å²) in [7, 11) is 0. The third kappa shape index (κ3) is 4.47. The SMILES string of the molecule is CCNCc1ccc(Sc2ccncc2)cc1C(F)(F)F. The molecule has 0 fully saturated rings. The molecule has 6 heteroatoms. The van der Waals surface area contributed by atoms with E-state index in [1.165, 1.54) is 23.9 Å². The molecule has 0 saturated carbocycles. The van der Waals surface area contributed by atoms with Gasteiger partial charge < -0.3 is 5.32 Å². The summed E-state index contributed by atoms with van der Waals surface area (Å²) in [4.78, 5) is 5.31. The Morgan fingerprint density at radius 2 is 1.81 bits per heavy atom. The van der Waals surface area contributed by atoms with Gasteiger partial charge in [0.15, 0.2) is 0 Å². The van der Waals surface area contributed by atoms with Crippen molar-refractivity contribution < 1.29 is 13.2 Å². The van der Waals surface area contributed by atoms with Gasteiger partial charge in [0, 0.05) is 28.7 Å². The van der Waals surface area contributed by atoms with Crippen LogP contribution < -0.4 is 5.32 Å². The Kier molecular flexibility index (Phi) is 5.25. The van der Waals surface area contributed by atoms with Crippen molar-refractivity contribution in [3.63, 3.8) is 0 Å². The smallest absolute Gasteiger partial charge is 0.313 e. The van der Waals surface area contributed by atoms with Crippen LogP contribution in [0.2, 0.25) is 0 Å². The highest BCUT2D eigenvalue weighted by Crippen LogP contribution is 2.36. The van der Waals surface area contributed by atoms with Gasteiger partial charge in [-0.15, -0.1) is 0 Å². The molecule has 0 amide bonds. The maximum Gasteiger partial charge on any atom is 0.416 e. The van der Waals surface area contributed by atoms with Crippen molar-refractivity contribution in [1.29, 1.82) is 0 Å². The predicted molar refractivity (Wildman–Crippen MR) is 77.2 cm³/mol. The van der Waals surface area contributed by atoms with Crippen LogP contribution in [0.3, 0.4) is 0 Å². The molecule has 1 N–H and O–H groups in total. The molecule has 1 aromatic heterocycles. The number of nitrogens with one attached hydrogen (secondary N) is 1. The van der Waals surface area contributed by atoms with E-state index < -0.39 is 11.7 Å². The molecule has 1 heterocycles. The van der Waals surface area contributed by atoms with Crippen LogP contribution >= 0.6 is 11.8 Å². The Bertz CT molecular complexity index is 585. The first kappa shape index (κ1) is 15.9. The number of rotatable bonds is 5. The van der Waals surface area contributed by atoms with Crippen LogP contribution in [0.15, 0.2) is 52.5 Å². The van der Waals surface area contributed by atoms with Gasteiger partial charge in [0.1, 0.15) is 0 Å². The normalized spacial score (nSPS) is 11.6. The number of benzene rings is 1. The molecule has 21 heavy (non-hydrogen) atoms. The summed E-state index contributed by atoms with van der Waals surface area (Å²) in [6.45, 7) is 2.71. The van der Waals surface area contributed by atoms with Gasteiger partial charge in [-0.2, -0.15) is 13.2 Å². The van der Waals surface area contributed by atoms with E-state index in [-0.39, 0.29) is 12.1 Å². The molecule has 0 saturated heterocycles. The van der Waals surface area contributed by atoms with E-state index in [9.17, 15) is 13.2 Å². The van der Waals surface area contributed by atoms with Gasteiger partial charge in [-0.3, -0.25) is 4.98 Å². The zero-order valence-electron chi connectivity index (χ0n) is 11.4. The lowest BCUT2D eigenvalue weighted by Gasteiger charge is -2.14. The molecule has 1 aromatic carbocycles. The zero-order chi connectivity index (χ0) is 15.3. The molecule has 0 radical (unpaired) electrons. The van der Waals surface area contributed by atoms with E-state index in [1.807, 2.05) is 6.92 Å². The first-order chi connectivity index (χ1) is 10.0. The molecule has 0 aliphatic rings. The van der Waals surface area contributed by atoms with Crippen molar-refractivity contribution in [1.82, 2.24) is 10.3 Å². The molecule has 112 valence electrons. The molecule has 0 aliphatic carbocycles. The van der Waals surface area contributed by atoms with E-state index in [1.54, 1.807) is 30.6 Å². The molecule has 0 atom stereocenters. The maximum absolute atomic E-state index is 13.1. The third-order valence-corrected chi connectivity index (χ3v) is 3.84. The highest BCUT2D eigenvalue weighted by molar-refractivity contribution is 7.99. The van der Waals surface area contributed by atoms with Crippen LogP contribution in [0.5, 0.6) is 0 Å². The summed E-state index contributed by atoms with van der Waals surface area (Å²) in [6, 6.07) is 7.99. The highest BCUT2D eigenvalue weighted by Gasteiger charge is 2.33. The molecule has 0 aliphatic heterocycles. The van der Waals surface area contributed by atoms with Crippen molar-refractivity contribution in [2.45, 2.75) is 29.4 Å². The average molecular weight is 312 g/mol. The van der Waals surface area contributed by atoms with E-state index in [4.69, 9.17) is 0 Å². The maximum atomic E-state index is 13.1. The minimum Gasteiger partial charge on any atom is -0.313 e. The summed E-state index contributed by atoms with van der Waals surface area (Å²) in [5.74, 6) is 0. The lowest BCUT2D eigenvalue weighted by Crippen LogP contribution is -2.17. The Morgan fingerprint density at radius 1 is 1.10 bits per heavy atom.